The fourth-order valence-electron chi connectivity index (χ4n) is 4.57. The zero-order chi connectivity index (χ0) is 27.8. The molecule has 2 aromatic carbocycles. The smallest absolute Gasteiger partial charge is 0.326 e. The van der Waals surface area contributed by atoms with Crippen LogP contribution >= 0.6 is 0 Å². The van der Waals surface area contributed by atoms with Gasteiger partial charge in [-0.1, -0.05) is 56.3 Å². The van der Waals surface area contributed by atoms with Crippen LogP contribution in [0.3, 0.4) is 0 Å². The van der Waals surface area contributed by atoms with Crippen molar-refractivity contribution in [3.63, 3.8) is 0 Å². The molecule has 3 rings (SSSR count). The number of nitrogens with one attached hydrogen (secondary N) is 2. The highest BCUT2D eigenvalue weighted by Crippen LogP contribution is 2.20. The number of hydrogen-bond donors (Lipinski definition) is 5. The molecule has 2 aromatic rings. The maximum absolute atomic E-state index is 13.5. The summed E-state index contributed by atoms with van der Waals surface area (Å²) in [6.07, 6.45) is 1.31. The van der Waals surface area contributed by atoms with Gasteiger partial charge in [0.1, 0.15) is 23.9 Å². The van der Waals surface area contributed by atoms with Gasteiger partial charge in [-0.15, -0.1) is 0 Å². The number of nitrogens with zero attached hydrogens (tertiary/aromatic N) is 1. The van der Waals surface area contributed by atoms with Crippen LogP contribution in [0.15, 0.2) is 54.6 Å². The number of amides is 3. The molecule has 0 aliphatic carbocycles. The maximum atomic E-state index is 13.5. The summed E-state index contributed by atoms with van der Waals surface area (Å²) >= 11 is 0. The number of phenolic OH excluding ortho intramolecular Hbond substituents is 1. The Balaban J connectivity index is 1.74. The molecule has 38 heavy (non-hydrogen) atoms. The number of rotatable bonds is 11. The zero-order valence-electron chi connectivity index (χ0n) is 21.7. The average Bonchev–Trinajstić information content (AvgIpc) is 3.38. The van der Waals surface area contributed by atoms with Crippen molar-refractivity contribution >= 4 is 23.7 Å². The van der Waals surface area contributed by atoms with Crippen molar-refractivity contribution in [3.05, 3.63) is 65.7 Å². The van der Waals surface area contributed by atoms with Gasteiger partial charge in [0.15, 0.2) is 0 Å². The fraction of sp³-hybridized carbons (Fsp3) is 0.429. The molecule has 1 fully saturated rings. The Kier molecular flexibility index (Phi) is 9.84. The fourth-order valence-corrected chi connectivity index (χ4v) is 4.57. The molecule has 0 radical (unpaired) electrons. The zero-order valence-corrected chi connectivity index (χ0v) is 21.7. The number of carboxylic acids is 1. The largest absolute Gasteiger partial charge is 0.508 e. The SMILES string of the molecule is CC(C)C(NC(=O)C(N)Cc1ccc(O)cc1)C(=O)NC(Cc1ccccc1)C(=O)N1CCCC1C(=O)O. The summed E-state index contributed by atoms with van der Waals surface area (Å²) in [7, 11) is 0. The molecule has 1 aliphatic rings. The first-order chi connectivity index (χ1) is 18.1. The van der Waals surface area contributed by atoms with Crippen molar-refractivity contribution in [2.45, 2.75) is 63.7 Å². The highest BCUT2D eigenvalue weighted by Gasteiger charge is 2.38. The molecule has 3 amide bonds. The van der Waals surface area contributed by atoms with E-state index in [1.807, 2.05) is 30.3 Å². The number of carbonyl (C=O) groups is 4. The second-order valence-corrected chi connectivity index (χ2v) is 9.99. The predicted molar refractivity (Wildman–Crippen MR) is 141 cm³/mol. The third-order valence-electron chi connectivity index (χ3n) is 6.69. The normalized spacial score (nSPS) is 17.5. The lowest BCUT2D eigenvalue weighted by atomic mass is 9.99. The molecule has 0 aromatic heterocycles. The van der Waals surface area contributed by atoms with E-state index in [1.54, 1.807) is 26.0 Å². The summed E-state index contributed by atoms with van der Waals surface area (Å²) in [6.45, 7) is 3.84. The van der Waals surface area contributed by atoms with Gasteiger partial charge in [-0.05, 0) is 48.4 Å². The van der Waals surface area contributed by atoms with E-state index < -0.39 is 47.9 Å². The van der Waals surface area contributed by atoms with Crippen molar-refractivity contribution in [2.75, 3.05) is 6.54 Å². The molecule has 6 N–H and O–H groups in total. The second kappa shape index (κ2) is 13.0. The average molecular weight is 525 g/mol. The minimum atomic E-state index is -1.07. The van der Waals surface area contributed by atoms with Gasteiger partial charge in [0.2, 0.25) is 17.7 Å². The monoisotopic (exact) mass is 524 g/mol. The lowest BCUT2D eigenvalue weighted by Gasteiger charge is -2.30. The van der Waals surface area contributed by atoms with Gasteiger partial charge in [-0.25, -0.2) is 4.79 Å². The molecule has 0 spiro atoms. The van der Waals surface area contributed by atoms with Crippen LogP contribution in [0.25, 0.3) is 0 Å². The molecular formula is C28H36N4O6. The minimum Gasteiger partial charge on any atom is -0.508 e. The lowest BCUT2D eigenvalue weighted by molar-refractivity contribution is -0.149. The van der Waals surface area contributed by atoms with Gasteiger partial charge < -0.3 is 31.5 Å². The Morgan fingerprint density at radius 3 is 2.18 bits per heavy atom. The van der Waals surface area contributed by atoms with E-state index in [0.717, 1.165) is 11.1 Å². The summed E-state index contributed by atoms with van der Waals surface area (Å²) in [5, 5.41) is 24.5. The van der Waals surface area contributed by atoms with E-state index in [4.69, 9.17) is 5.73 Å². The molecule has 1 saturated heterocycles. The predicted octanol–water partition coefficient (Wildman–Crippen LogP) is 1.21. The topological polar surface area (TPSA) is 162 Å². The Hall–Kier alpha value is -3.92. The summed E-state index contributed by atoms with van der Waals surface area (Å²) in [5.74, 6) is -2.83. The molecular weight excluding hydrogens is 488 g/mol. The van der Waals surface area contributed by atoms with Gasteiger partial charge in [0.25, 0.3) is 0 Å². The van der Waals surface area contributed by atoms with Crippen LogP contribution in [-0.4, -0.2) is 69.5 Å². The van der Waals surface area contributed by atoms with Crippen molar-refractivity contribution in [2.24, 2.45) is 11.7 Å². The van der Waals surface area contributed by atoms with Crippen LogP contribution in [-0.2, 0) is 32.0 Å². The number of hydrogen-bond acceptors (Lipinski definition) is 6. The summed E-state index contributed by atoms with van der Waals surface area (Å²) in [6, 6.07) is 11.6. The first-order valence-corrected chi connectivity index (χ1v) is 12.8. The van der Waals surface area contributed by atoms with E-state index in [9.17, 15) is 29.4 Å². The highest BCUT2D eigenvalue weighted by molar-refractivity contribution is 5.94. The van der Waals surface area contributed by atoms with Crippen molar-refractivity contribution in [1.29, 1.82) is 0 Å². The Morgan fingerprint density at radius 2 is 1.58 bits per heavy atom. The number of likely N-dealkylation sites (tertiary alicyclic amines) is 1. The molecule has 204 valence electrons. The maximum Gasteiger partial charge on any atom is 0.326 e. The van der Waals surface area contributed by atoms with Crippen LogP contribution in [0.2, 0.25) is 0 Å². The molecule has 10 nitrogen and oxygen atoms in total. The van der Waals surface area contributed by atoms with Gasteiger partial charge in [0.05, 0.1) is 6.04 Å². The molecule has 0 saturated carbocycles. The number of carboxylic acid groups (broad SMARTS) is 1. The first-order valence-electron chi connectivity index (χ1n) is 12.8. The lowest BCUT2D eigenvalue weighted by Crippen LogP contribution is -2.59. The van der Waals surface area contributed by atoms with Crippen molar-refractivity contribution < 1.29 is 29.4 Å². The van der Waals surface area contributed by atoms with Gasteiger partial charge in [-0.2, -0.15) is 0 Å². The van der Waals surface area contributed by atoms with Crippen LogP contribution in [0.1, 0.15) is 37.8 Å². The quantitative estimate of drug-likeness (QED) is 0.295. The Bertz CT molecular complexity index is 1120. The van der Waals surface area contributed by atoms with E-state index in [2.05, 4.69) is 10.6 Å². The Labute approximate surface area is 222 Å². The van der Waals surface area contributed by atoms with Crippen LogP contribution in [0, 0.1) is 5.92 Å². The van der Waals surface area contributed by atoms with E-state index in [-0.39, 0.29) is 24.5 Å². The number of nitrogens with two attached hydrogens (primary N) is 1. The Morgan fingerprint density at radius 1 is 0.947 bits per heavy atom. The third kappa shape index (κ3) is 7.55. The highest BCUT2D eigenvalue weighted by atomic mass is 16.4. The van der Waals surface area contributed by atoms with Crippen LogP contribution < -0.4 is 16.4 Å². The standard InChI is InChI=1S/C28H36N4O6/c1-17(2)24(31-25(34)21(29)15-19-10-12-20(33)13-11-19)26(35)30-22(16-18-7-4-3-5-8-18)27(36)32-14-6-9-23(32)28(37)38/h3-5,7-8,10-13,17,21-24,33H,6,9,14-16,29H2,1-2H3,(H,30,35)(H,31,34)(H,37,38). The van der Waals surface area contributed by atoms with Crippen LogP contribution in [0.4, 0.5) is 0 Å². The first kappa shape index (κ1) is 28.6. The summed E-state index contributed by atoms with van der Waals surface area (Å²) in [5.41, 5.74) is 7.65. The number of phenols is 1. The molecule has 1 aliphatic heterocycles. The van der Waals surface area contributed by atoms with Crippen LogP contribution in [0.5, 0.6) is 5.75 Å². The molecule has 4 unspecified atom stereocenters. The molecule has 1 heterocycles. The minimum absolute atomic E-state index is 0.103. The number of benzene rings is 2. The van der Waals surface area contributed by atoms with E-state index in [1.165, 1.54) is 17.0 Å². The second-order valence-electron chi connectivity index (χ2n) is 9.99. The molecule has 0 bridgehead atoms. The van der Waals surface area contributed by atoms with E-state index >= 15 is 0 Å². The number of aliphatic carboxylic acids is 1. The number of aromatic hydroxyl groups is 1. The molecule has 10 heteroatoms. The van der Waals surface area contributed by atoms with Gasteiger partial charge >= 0.3 is 5.97 Å². The third-order valence-corrected chi connectivity index (χ3v) is 6.69. The van der Waals surface area contributed by atoms with Crippen molar-refractivity contribution in [1.82, 2.24) is 15.5 Å². The summed E-state index contributed by atoms with van der Waals surface area (Å²) < 4.78 is 0. The van der Waals surface area contributed by atoms with Gasteiger partial charge in [0, 0.05) is 13.0 Å². The number of carbonyl (C=O) groups excluding carboxylic acids is 3. The molecule has 4 atom stereocenters. The van der Waals surface area contributed by atoms with E-state index in [0.29, 0.717) is 19.4 Å². The van der Waals surface area contributed by atoms with Crippen molar-refractivity contribution in [3.8, 4) is 5.75 Å². The summed E-state index contributed by atoms with van der Waals surface area (Å²) in [4.78, 5) is 52.7. The van der Waals surface area contributed by atoms with Gasteiger partial charge in [-0.3, -0.25) is 14.4 Å².